The fourth-order valence-electron chi connectivity index (χ4n) is 4.36. The van der Waals surface area contributed by atoms with E-state index in [1.165, 1.54) is 40.7 Å². The smallest absolute Gasteiger partial charge is 0.243 e. The summed E-state index contributed by atoms with van der Waals surface area (Å²) in [7, 11) is -3.86. The summed E-state index contributed by atoms with van der Waals surface area (Å²) in [6, 6.07) is 10.4. The Bertz CT molecular complexity index is 1310. The van der Waals surface area contributed by atoms with Crippen LogP contribution in [0.5, 0.6) is 11.6 Å². The summed E-state index contributed by atoms with van der Waals surface area (Å²) in [4.78, 5) is 11.6. The van der Waals surface area contributed by atoms with Crippen LogP contribution in [0.2, 0.25) is 0 Å². The van der Waals surface area contributed by atoms with Gasteiger partial charge in [0.2, 0.25) is 21.9 Å². The monoisotopic (exact) mass is 500 g/mol. The predicted molar refractivity (Wildman–Crippen MR) is 127 cm³/mol. The van der Waals surface area contributed by atoms with Crippen LogP contribution in [0.4, 0.5) is 14.7 Å². The summed E-state index contributed by atoms with van der Waals surface area (Å²) in [5.41, 5.74) is 1.30. The predicted octanol–water partition coefficient (Wildman–Crippen LogP) is 4.53. The van der Waals surface area contributed by atoms with Gasteiger partial charge in [-0.1, -0.05) is 6.92 Å². The van der Waals surface area contributed by atoms with E-state index in [1.54, 1.807) is 0 Å². The summed E-state index contributed by atoms with van der Waals surface area (Å²) in [5, 5.41) is 0. The zero-order valence-electron chi connectivity index (χ0n) is 19.3. The summed E-state index contributed by atoms with van der Waals surface area (Å²) in [6.45, 7) is 4.14. The lowest BCUT2D eigenvalue weighted by Gasteiger charge is -2.33. The van der Waals surface area contributed by atoms with E-state index in [9.17, 15) is 17.2 Å². The molecule has 0 amide bonds. The molecule has 2 aliphatic heterocycles. The summed E-state index contributed by atoms with van der Waals surface area (Å²) in [5.74, 6) is 0.961. The number of hydrogen-bond donors (Lipinski definition) is 0. The molecule has 0 atom stereocenters. The number of ether oxygens (including phenoxy) is 1. The summed E-state index contributed by atoms with van der Waals surface area (Å²) in [6.07, 6.45) is 2.46. The average Bonchev–Trinajstić information content (AvgIpc) is 2.86. The SMILES string of the molecule is CC1CCN(c2nc3c(c(Oc4ccc(F)cc4)n2)CN(S(=O)(=O)c2ccc(F)cc2)CC3)CC1. The van der Waals surface area contributed by atoms with E-state index in [2.05, 4.69) is 16.8 Å². The number of fused-ring (bicyclic) bond motifs is 1. The molecule has 2 aliphatic rings. The van der Waals surface area contributed by atoms with Crippen molar-refractivity contribution in [2.75, 3.05) is 24.5 Å². The maximum atomic E-state index is 13.4. The van der Waals surface area contributed by atoms with E-state index < -0.39 is 15.8 Å². The third kappa shape index (κ3) is 4.99. The van der Waals surface area contributed by atoms with Crippen molar-refractivity contribution in [2.24, 2.45) is 5.92 Å². The maximum Gasteiger partial charge on any atom is 0.243 e. The van der Waals surface area contributed by atoms with E-state index in [0.717, 1.165) is 43.8 Å². The molecule has 3 heterocycles. The second kappa shape index (κ2) is 9.50. The first-order chi connectivity index (χ1) is 16.8. The van der Waals surface area contributed by atoms with E-state index >= 15 is 0 Å². The van der Waals surface area contributed by atoms with Crippen LogP contribution in [0.3, 0.4) is 0 Å². The molecule has 3 aromatic rings. The number of halogens is 2. The number of aromatic nitrogens is 2. The van der Waals surface area contributed by atoms with Gasteiger partial charge in [-0.2, -0.15) is 9.29 Å². The first-order valence-corrected chi connectivity index (χ1v) is 13.1. The van der Waals surface area contributed by atoms with Crippen LogP contribution in [0, 0.1) is 17.6 Å². The first kappa shape index (κ1) is 23.6. The van der Waals surface area contributed by atoms with Crippen LogP contribution in [0.15, 0.2) is 53.4 Å². The number of benzene rings is 2. The lowest BCUT2D eigenvalue weighted by Crippen LogP contribution is -2.38. The molecule has 1 saturated heterocycles. The number of sulfonamides is 1. The van der Waals surface area contributed by atoms with Gasteiger partial charge in [0.05, 0.1) is 16.2 Å². The third-order valence-electron chi connectivity index (χ3n) is 6.52. The van der Waals surface area contributed by atoms with Gasteiger partial charge in [-0.25, -0.2) is 22.2 Å². The van der Waals surface area contributed by atoms with Gasteiger partial charge in [0.25, 0.3) is 0 Å². The van der Waals surface area contributed by atoms with Gasteiger partial charge in [-0.15, -0.1) is 0 Å². The van der Waals surface area contributed by atoms with E-state index in [1.807, 2.05) is 0 Å². The Morgan fingerprint density at radius 2 is 1.54 bits per heavy atom. The fourth-order valence-corrected chi connectivity index (χ4v) is 5.76. The second-order valence-electron chi connectivity index (χ2n) is 9.02. The van der Waals surface area contributed by atoms with Crippen molar-refractivity contribution >= 4 is 16.0 Å². The highest BCUT2D eigenvalue weighted by atomic mass is 32.2. The van der Waals surface area contributed by atoms with Crippen LogP contribution < -0.4 is 9.64 Å². The highest BCUT2D eigenvalue weighted by molar-refractivity contribution is 7.89. The van der Waals surface area contributed by atoms with Crippen LogP contribution in [0.1, 0.15) is 31.0 Å². The Hall–Kier alpha value is -3.11. The van der Waals surface area contributed by atoms with Crippen molar-refractivity contribution in [1.82, 2.24) is 14.3 Å². The Morgan fingerprint density at radius 1 is 0.914 bits per heavy atom. The van der Waals surface area contributed by atoms with Crippen molar-refractivity contribution < 1.29 is 21.9 Å². The second-order valence-corrected chi connectivity index (χ2v) is 11.0. The summed E-state index contributed by atoms with van der Waals surface area (Å²) >= 11 is 0. The quantitative estimate of drug-likeness (QED) is 0.513. The minimum atomic E-state index is -3.86. The molecule has 0 bridgehead atoms. The van der Waals surface area contributed by atoms with Gasteiger partial charge in [0.1, 0.15) is 17.4 Å². The minimum Gasteiger partial charge on any atom is -0.438 e. The Balaban J connectivity index is 1.50. The van der Waals surface area contributed by atoms with Gasteiger partial charge in [-0.3, -0.25) is 0 Å². The first-order valence-electron chi connectivity index (χ1n) is 11.6. The third-order valence-corrected chi connectivity index (χ3v) is 8.38. The van der Waals surface area contributed by atoms with Crippen molar-refractivity contribution in [1.29, 1.82) is 0 Å². The Labute approximate surface area is 203 Å². The molecule has 1 aromatic heterocycles. The molecule has 184 valence electrons. The topological polar surface area (TPSA) is 75.6 Å². The average molecular weight is 501 g/mol. The Morgan fingerprint density at radius 3 is 2.20 bits per heavy atom. The zero-order valence-corrected chi connectivity index (χ0v) is 20.1. The van der Waals surface area contributed by atoms with Gasteiger partial charge in [-0.05, 0) is 67.3 Å². The molecule has 1 fully saturated rings. The lowest BCUT2D eigenvalue weighted by atomic mass is 9.99. The number of hydrogen-bond acceptors (Lipinski definition) is 6. The molecule has 5 rings (SSSR count). The normalized spacial score (nSPS) is 17.3. The minimum absolute atomic E-state index is 0.0168. The molecule has 10 heteroatoms. The van der Waals surface area contributed by atoms with Crippen molar-refractivity contribution in [2.45, 2.75) is 37.6 Å². The van der Waals surface area contributed by atoms with Crippen LogP contribution in [-0.2, 0) is 23.0 Å². The van der Waals surface area contributed by atoms with E-state index in [-0.39, 0.29) is 29.7 Å². The number of piperidine rings is 1. The van der Waals surface area contributed by atoms with Gasteiger partial charge in [0.15, 0.2) is 0 Å². The van der Waals surface area contributed by atoms with Gasteiger partial charge >= 0.3 is 0 Å². The number of anilines is 1. The van der Waals surface area contributed by atoms with E-state index in [4.69, 9.17) is 9.72 Å². The van der Waals surface area contributed by atoms with Crippen molar-refractivity contribution in [3.8, 4) is 11.6 Å². The standard InChI is InChI=1S/C25H26F2N4O3S/c1-17-10-13-30(14-11-17)25-28-23-12-15-31(35(32,33)21-8-4-19(27)5-9-21)16-22(23)24(29-25)34-20-6-2-18(26)3-7-20/h2-9,17H,10-16H2,1H3. The molecule has 0 radical (unpaired) electrons. The van der Waals surface area contributed by atoms with Gasteiger partial charge < -0.3 is 9.64 Å². The molecule has 0 N–H and O–H groups in total. The largest absolute Gasteiger partial charge is 0.438 e. The molecule has 2 aromatic carbocycles. The number of nitrogens with zero attached hydrogens (tertiary/aromatic N) is 4. The molecule has 7 nitrogen and oxygen atoms in total. The highest BCUT2D eigenvalue weighted by Crippen LogP contribution is 2.34. The molecule has 0 unspecified atom stereocenters. The molecule has 0 spiro atoms. The number of rotatable bonds is 5. The highest BCUT2D eigenvalue weighted by Gasteiger charge is 2.33. The molecular weight excluding hydrogens is 474 g/mol. The van der Waals surface area contributed by atoms with Gasteiger partial charge in [0, 0.05) is 32.6 Å². The lowest BCUT2D eigenvalue weighted by molar-refractivity contribution is 0.367. The van der Waals surface area contributed by atoms with Crippen molar-refractivity contribution in [3.05, 3.63) is 71.4 Å². The van der Waals surface area contributed by atoms with Crippen LogP contribution >= 0.6 is 0 Å². The van der Waals surface area contributed by atoms with Crippen LogP contribution in [-0.4, -0.2) is 42.3 Å². The fraction of sp³-hybridized carbons (Fsp3) is 0.360. The molecule has 35 heavy (non-hydrogen) atoms. The van der Waals surface area contributed by atoms with Crippen LogP contribution in [0.25, 0.3) is 0 Å². The molecular formula is C25H26F2N4O3S. The zero-order chi connectivity index (χ0) is 24.6. The molecule has 0 saturated carbocycles. The Kier molecular flexibility index (Phi) is 6.41. The van der Waals surface area contributed by atoms with E-state index in [0.29, 0.717) is 29.6 Å². The molecule has 0 aliphatic carbocycles. The summed E-state index contributed by atoms with van der Waals surface area (Å²) < 4.78 is 60.6. The maximum absolute atomic E-state index is 13.4. The van der Waals surface area contributed by atoms with Crippen molar-refractivity contribution in [3.63, 3.8) is 0 Å².